The van der Waals surface area contributed by atoms with Gasteiger partial charge in [0.2, 0.25) is 11.7 Å². The predicted octanol–water partition coefficient (Wildman–Crippen LogP) is 5.91. The maximum Gasteiger partial charge on any atom is 0.240 e. The zero-order valence-corrected chi connectivity index (χ0v) is 19.0. The average molecular weight is 462 g/mol. The molecule has 1 atom stereocenters. The van der Waals surface area contributed by atoms with E-state index in [0.29, 0.717) is 16.9 Å². The number of benzene rings is 2. The number of nitrogens with zero attached hydrogens (tertiary/aromatic N) is 5. The van der Waals surface area contributed by atoms with E-state index in [1.54, 1.807) is 18.4 Å². The van der Waals surface area contributed by atoms with E-state index in [1.807, 2.05) is 83.6 Å². The van der Waals surface area contributed by atoms with Crippen molar-refractivity contribution in [3.8, 4) is 33.5 Å². The van der Waals surface area contributed by atoms with Gasteiger partial charge in [-0.15, -0.1) is 21.5 Å². The largest absolute Gasteiger partial charge is 0.495 e. The van der Waals surface area contributed by atoms with Crippen LogP contribution in [0.2, 0.25) is 0 Å². The highest BCUT2D eigenvalue weighted by atomic mass is 32.2. The van der Waals surface area contributed by atoms with Gasteiger partial charge >= 0.3 is 0 Å². The van der Waals surface area contributed by atoms with Crippen LogP contribution in [0, 0.1) is 0 Å². The molecule has 0 aliphatic carbocycles. The second-order valence-corrected chi connectivity index (χ2v) is 9.13. The molecular weight excluding hydrogens is 442 g/mol. The second-order valence-electron chi connectivity index (χ2n) is 6.87. The van der Waals surface area contributed by atoms with E-state index in [0.717, 1.165) is 27.7 Å². The van der Waals surface area contributed by atoms with Crippen LogP contribution in [0.5, 0.6) is 5.75 Å². The number of ether oxygens (including phenoxy) is 1. The van der Waals surface area contributed by atoms with Gasteiger partial charge in [0.15, 0.2) is 11.0 Å². The molecule has 9 heteroatoms. The summed E-state index contributed by atoms with van der Waals surface area (Å²) in [5.74, 6) is 2.60. The lowest BCUT2D eigenvalue weighted by Gasteiger charge is -2.14. The van der Waals surface area contributed by atoms with Crippen LogP contribution in [-0.2, 0) is 0 Å². The molecule has 1 unspecified atom stereocenters. The van der Waals surface area contributed by atoms with Crippen LogP contribution in [0.1, 0.15) is 18.1 Å². The van der Waals surface area contributed by atoms with Gasteiger partial charge < -0.3 is 9.26 Å². The van der Waals surface area contributed by atoms with E-state index < -0.39 is 0 Å². The summed E-state index contributed by atoms with van der Waals surface area (Å²) in [6, 6.07) is 21.6. The summed E-state index contributed by atoms with van der Waals surface area (Å²) in [6.07, 6.45) is 0. The summed E-state index contributed by atoms with van der Waals surface area (Å²) in [7, 11) is 1.66. The average Bonchev–Trinajstić information content (AvgIpc) is 3.60. The van der Waals surface area contributed by atoms with Gasteiger partial charge in [-0.3, -0.25) is 4.57 Å². The Kier molecular flexibility index (Phi) is 5.74. The first-order chi connectivity index (χ1) is 15.7. The third kappa shape index (κ3) is 3.92. The highest BCUT2D eigenvalue weighted by Crippen LogP contribution is 2.39. The van der Waals surface area contributed by atoms with Crippen LogP contribution in [0.15, 0.2) is 81.8 Å². The summed E-state index contributed by atoms with van der Waals surface area (Å²) < 4.78 is 13.2. The van der Waals surface area contributed by atoms with Gasteiger partial charge in [-0.25, -0.2) is 0 Å². The summed E-state index contributed by atoms with van der Waals surface area (Å²) in [5.41, 5.74) is 1.78. The van der Waals surface area contributed by atoms with E-state index in [-0.39, 0.29) is 5.25 Å². The fourth-order valence-electron chi connectivity index (χ4n) is 3.26. The number of para-hydroxylation sites is 2. The number of hydrogen-bond acceptors (Lipinski definition) is 8. The van der Waals surface area contributed by atoms with Gasteiger partial charge in [0.25, 0.3) is 0 Å². The predicted molar refractivity (Wildman–Crippen MR) is 125 cm³/mol. The van der Waals surface area contributed by atoms with E-state index in [1.165, 1.54) is 11.8 Å². The molecule has 7 nitrogen and oxygen atoms in total. The molecule has 0 amide bonds. The first kappa shape index (κ1) is 20.5. The normalized spacial score (nSPS) is 12.1. The third-order valence-corrected chi connectivity index (χ3v) is 6.70. The lowest BCUT2D eigenvalue weighted by molar-refractivity contribution is 0.380. The van der Waals surface area contributed by atoms with Crippen molar-refractivity contribution in [2.24, 2.45) is 0 Å². The molecule has 0 bridgehead atoms. The fraction of sp³-hybridized carbons (Fsp3) is 0.130. The lowest BCUT2D eigenvalue weighted by Crippen LogP contribution is -2.02. The van der Waals surface area contributed by atoms with Gasteiger partial charge in [0.1, 0.15) is 5.75 Å². The third-order valence-electron chi connectivity index (χ3n) is 4.80. The quantitative estimate of drug-likeness (QED) is 0.279. The number of methoxy groups -OCH3 is 1. The van der Waals surface area contributed by atoms with Crippen molar-refractivity contribution in [3.05, 3.63) is 78.0 Å². The minimum Gasteiger partial charge on any atom is -0.495 e. The maximum absolute atomic E-state index is 5.62. The molecule has 0 spiro atoms. The fourth-order valence-corrected chi connectivity index (χ4v) is 4.85. The highest BCUT2D eigenvalue weighted by Gasteiger charge is 2.24. The van der Waals surface area contributed by atoms with E-state index in [2.05, 4.69) is 20.3 Å². The molecule has 2 aromatic carbocycles. The molecule has 0 saturated carbocycles. The van der Waals surface area contributed by atoms with Crippen molar-refractivity contribution < 1.29 is 9.26 Å². The molecule has 160 valence electrons. The zero-order valence-electron chi connectivity index (χ0n) is 17.4. The van der Waals surface area contributed by atoms with E-state index in [9.17, 15) is 0 Å². The number of rotatable bonds is 7. The van der Waals surface area contributed by atoms with Crippen LogP contribution in [-0.4, -0.2) is 32.0 Å². The molecule has 0 aliphatic heterocycles. The first-order valence-corrected chi connectivity index (χ1v) is 11.7. The van der Waals surface area contributed by atoms with E-state index in [4.69, 9.17) is 9.26 Å². The Balaban J connectivity index is 1.51. The van der Waals surface area contributed by atoms with Crippen molar-refractivity contribution in [1.29, 1.82) is 0 Å². The Morgan fingerprint density at radius 2 is 1.81 bits per heavy atom. The van der Waals surface area contributed by atoms with Crippen molar-refractivity contribution in [3.63, 3.8) is 0 Å². The van der Waals surface area contributed by atoms with Gasteiger partial charge in [0.05, 0.1) is 22.9 Å². The van der Waals surface area contributed by atoms with Crippen LogP contribution in [0.3, 0.4) is 0 Å². The van der Waals surface area contributed by atoms with Gasteiger partial charge in [-0.05, 0) is 30.5 Å². The Bertz CT molecular complexity index is 1320. The van der Waals surface area contributed by atoms with Crippen molar-refractivity contribution in [2.75, 3.05) is 7.11 Å². The van der Waals surface area contributed by atoms with Gasteiger partial charge in [-0.1, -0.05) is 65.4 Å². The molecule has 0 N–H and O–H groups in total. The van der Waals surface area contributed by atoms with Crippen LogP contribution >= 0.6 is 23.1 Å². The monoisotopic (exact) mass is 461 g/mol. The number of thioether (sulfide) groups is 1. The summed E-state index contributed by atoms with van der Waals surface area (Å²) in [4.78, 5) is 5.61. The molecular formula is C23H19N5O2S2. The SMILES string of the molecule is COc1ccccc1-n1c(SC(C)c2nc(-c3ccccc3)no2)nnc1-c1cccs1. The zero-order chi connectivity index (χ0) is 21.9. The summed E-state index contributed by atoms with van der Waals surface area (Å²) in [5, 5.41) is 15.7. The van der Waals surface area contributed by atoms with Crippen LogP contribution in [0.25, 0.3) is 27.8 Å². The minimum atomic E-state index is -0.131. The van der Waals surface area contributed by atoms with E-state index >= 15 is 0 Å². The van der Waals surface area contributed by atoms with Crippen molar-refractivity contribution in [1.82, 2.24) is 24.9 Å². The molecule has 0 radical (unpaired) electrons. The summed E-state index contributed by atoms with van der Waals surface area (Å²) >= 11 is 3.12. The molecule has 32 heavy (non-hydrogen) atoms. The van der Waals surface area contributed by atoms with Crippen molar-refractivity contribution >= 4 is 23.1 Å². The first-order valence-electron chi connectivity index (χ1n) is 9.93. The highest BCUT2D eigenvalue weighted by molar-refractivity contribution is 7.99. The topological polar surface area (TPSA) is 78.9 Å². The van der Waals surface area contributed by atoms with Gasteiger partial charge in [-0.2, -0.15) is 4.98 Å². The molecule has 5 rings (SSSR count). The standard InChI is InChI=1S/C23H19N5O2S2/c1-15(22-24-20(27-30-22)16-9-4-3-5-10-16)32-23-26-25-21(19-13-8-14-31-19)28(23)17-11-6-7-12-18(17)29-2/h3-15H,1-2H3. The Hall–Kier alpha value is -3.43. The Labute approximate surface area is 193 Å². The smallest absolute Gasteiger partial charge is 0.240 e. The molecule has 3 aromatic heterocycles. The van der Waals surface area contributed by atoms with Crippen LogP contribution < -0.4 is 4.74 Å². The molecule has 3 heterocycles. The second kappa shape index (κ2) is 8.97. The Morgan fingerprint density at radius 3 is 2.59 bits per heavy atom. The summed E-state index contributed by atoms with van der Waals surface area (Å²) in [6.45, 7) is 2.01. The Morgan fingerprint density at radius 1 is 1.00 bits per heavy atom. The minimum absolute atomic E-state index is 0.131. The van der Waals surface area contributed by atoms with Gasteiger partial charge in [0, 0.05) is 5.56 Å². The lowest BCUT2D eigenvalue weighted by atomic mass is 10.2. The number of hydrogen-bond donors (Lipinski definition) is 0. The van der Waals surface area contributed by atoms with Crippen molar-refractivity contribution in [2.45, 2.75) is 17.3 Å². The van der Waals surface area contributed by atoms with Crippen LogP contribution in [0.4, 0.5) is 0 Å². The molecule has 5 aromatic rings. The molecule has 0 saturated heterocycles. The number of thiophene rings is 1. The molecule has 0 fully saturated rings. The molecule has 0 aliphatic rings. The number of aromatic nitrogens is 5. The maximum atomic E-state index is 5.62.